The summed E-state index contributed by atoms with van der Waals surface area (Å²) in [7, 11) is -3.27. The summed E-state index contributed by atoms with van der Waals surface area (Å²) in [5.41, 5.74) is 0. The van der Waals surface area contributed by atoms with E-state index in [0.29, 0.717) is 25.1 Å². The second-order valence-electron chi connectivity index (χ2n) is 4.87. The van der Waals surface area contributed by atoms with Crippen LogP contribution in [0, 0.1) is 0 Å². The molecule has 1 fully saturated rings. The largest absolute Gasteiger partial charge is 0.376 e. The Morgan fingerprint density at radius 2 is 2.20 bits per heavy atom. The predicted molar refractivity (Wildman–Crippen MR) is 77.7 cm³/mol. The van der Waals surface area contributed by atoms with Crippen molar-refractivity contribution in [2.75, 3.05) is 37.8 Å². The quantitative estimate of drug-likeness (QED) is 0.751. The lowest BCUT2D eigenvalue weighted by Crippen LogP contribution is -2.33. The van der Waals surface area contributed by atoms with Gasteiger partial charge in [0.25, 0.3) is 0 Å². The van der Waals surface area contributed by atoms with Crippen LogP contribution in [0.25, 0.3) is 0 Å². The maximum absolute atomic E-state index is 11.6. The number of ether oxygens (including phenoxy) is 1. The summed E-state index contributed by atoms with van der Waals surface area (Å²) in [5.74, 6) is 0.393. The summed E-state index contributed by atoms with van der Waals surface area (Å²) in [6.07, 6.45) is 5.11. The fraction of sp³-hybridized carbons (Fsp3) is 0.615. The SMILES string of the molecule is CS(=O)(=O)c1cccnc1NCCOC1CCNCC1. The Labute approximate surface area is 119 Å². The fourth-order valence-electron chi connectivity index (χ4n) is 2.18. The topological polar surface area (TPSA) is 80.3 Å². The molecule has 20 heavy (non-hydrogen) atoms. The molecule has 1 aliphatic rings. The molecule has 0 unspecified atom stereocenters. The predicted octanol–water partition coefficient (Wildman–Crippen LogP) is 0.666. The van der Waals surface area contributed by atoms with E-state index in [0.717, 1.165) is 25.9 Å². The lowest BCUT2D eigenvalue weighted by atomic mass is 10.1. The Morgan fingerprint density at radius 3 is 2.90 bits per heavy atom. The number of anilines is 1. The minimum absolute atomic E-state index is 0.224. The van der Waals surface area contributed by atoms with E-state index in [1.807, 2.05) is 0 Å². The molecule has 1 aromatic heterocycles. The summed E-state index contributed by atoms with van der Waals surface area (Å²) in [4.78, 5) is 4.30. The Bertz CT molecular complexity index is 527. The Balaban J connectivity index is 1.82. The average Bonchev–Trinajstić information content (AvgIpc) is 2.44. The molecule has 0 bridgehead atoms. The van der Waals surface area contributed by atoms with Crippen molar-refractivity contribution >= 4 is 15.7 Å². The van der Waals surface area contributed by atoms with E-state index in [-0.39, 0.29) is 4.90 Å². The number of sulfone groups is 1. The van der Waals surface area contributed by atoms with E-state index in [9.17, 15) is 8.42 Å². The third-order valence-corrected chi connectivity index (χ3v) is 4.33. The van der Waals surface area contributed by atoms with Gasteiger partial charge < -0.3 is 15.4 Å². The van der Waals surface area contributed by atoms with Crippen LogP contribution in [0.5, 0.6) is 0 Å². The van der Waals surface area contributed by atoms with Gasteiger partial charge in [-0.3, -0.25) is 0 Å². The Morgan fingerprint density at radius 1 is 1.45 bits per heavy atom. The zero-order valence-electron chi connectivity index (χ0n) is 11.6. The highest BCUT2D eigenvalue weighted by Crippen LogP contribution is 2.17. The van der Waals surface area contributed by atoms with Gasteiger partial charge in [-0.25, -0.2) is 13.4 Å². The van der Waals surface area contributed by atoms with Gasteiger partial charge in [-0.05, 0) is 38.1 Å². The summed E-state index contributed by atoms with van der Waals surface area (Å²) >= 11 is 0. The summed E-state index contributed by atoms with van der Waals surface area (Å²) in [5, 5.41) is 6.31. The van der Waals surface area contributed by atoms with Crippen LogP contribution in [0.4, 0.5) is 5.82 Å². The van der Waals surface area contributed by atoms with Crippen molar-refractivity contribution in [1.29, 1.82) is 0 Å². The first-order valence-corrected chi connectivity index (χ1v) is 8.68. The van der Waals surface area contributed by atoms with Crippen molar-refractivity contribution in [3.05, 3.63) is 18.3 Å². The minimum Gasteiger partial charge on any atom is -0.376 e. The number of aromatic nitrogens is 1. The van der Waals surface area contributed by atoms with Crippen molar-refractivity contribution in [2.45, 2.75) is 23.8 Å². The van der Waals surface area contributed by atoms with Gasteiger partial charge in [-0.2, -0.15) is 0 Å². The van der Waals surface area contributed by atoms with E-state index in [4.69, 9.17) is 4.74 Å². The van der Waals surface area contributed by atoms with Crippen LogP contribution in [0.15, 0.2) is 23.2 Å². The number of pyridine rings is 1. The number of rotatable bonds is 6. The maximum Gasteiger partial charge on any atom is 0.179 e. The first-order chi connectivity index (χ1) is 9.57. The molecule has 0 aromatic carbocycles. The van der Waals surface area contributed by atoms with Crippen LogP contribution in [0.2, 0.25) is 0 Å². The van der Waals surface area contributed by atoms with Crippen LogP contribution in [0.3, 0.4) is 0 Å². The number of nitrogens with zero attached hydrogens (tertiary/aromatic N) is 1. The first-order valence-electron chi connectivity index (χ1n) is 6.78. The van der Waals surface area contributed by atoms with Crippen LogP contribution < -0.4 is 10.6 Å². The summed E-state index contributed by atoms with van der Waals surface area (Å²) in [6, 6.07) is 3.17. The van der Waals surface area contributed by atoms with E-state index in [1.165, 1.54) is 6.26 Å². The molecule has 1 aliphatic heterocycles. The Hall–Kier alpha value is -1.18. The van der Waals surface area contributed by atoms with Crippen LogP contribution in [-0.4, -0.2) is 52.0 Å². The van der Waals surface area contributed by atoms with Gasteiger partial charge >= 0.3 is 0 Å². The van der Waals surface area contributed by atoms with Gasteiger partial charge in [0.1, 0.15) is 10.7 Å². The van der Waals surface area contributed by atoms with E-state index >= 15 is 0 Å². The molecule has 1 aromatic rings. The smallest absolute Gasteiger partial charge is 0.179 e. The average molecular weight is 299 g/mol. The minimum atomic E-state index is -3.27. The maximum atomic E-state index is 11.6. The molecule has 0 amide bonds. The zero-order valence-corrected chi connectivity index (χ0v) is 12.4. The number of hydrogen-bond donors (Lipinski definition) is 2. The molecule has 2 N–H and O–H groups in total. The molecular weight excluding hydrogens is 278 g/mol. The molecule has 2 rings (SSSR count). The highest BCUT2D eigenvalue weighted by Gasteiger charge is 2.15. The second-order valence-corrected chi connectivity index (χ2v) is 6.85. The van der Waals surface area contributed by atoms with E-state index in [1.54, 1.807) is 18.3 Å². The highest BCUT2D eigenvalue weighted by molar-refractivity contribution is 7.90. The number of nitrogens with one attached hydrogen (secondary N) is 2. The number of hydrogen-bond acceptors (Lipinski definition) is 6. The number of piperidine rings is 1. The molecule has 7 heteroatoms. The van der Waals surface area contributed by atoms with Crippen LogP contribution in [0.1, 0.15) is 12.8 Å². The molecule has 0 saturated carbocycles. The van der Waals surface area contributed by atoms with E-state index in [2.05, 4.69) is 15.6 Å². The molecule has 0 atom stereocenters. The normalized spacial score (nSPS) is 17.1. The summed E-state index contributed by atoms with van der Waals surface area (Å²) in [6.45, 7) is 3.08. The van der Waals surface area contributed by atoms with E-state index < -0.39 is 9.84 Å². The fourth-order valence-corrected chi connectivity index (χ4v) is 2.98. The lowest BCUT2D eigenvalue weighted by molar-refractivity contribution is 0.0394. The van der Waals surface area contributed by atoms with Gasteiger partial charge in [-0.15, -0.1) is 0 Å². The third-order valence-electron chi connectivity index (χ3n) is 3.20. The molecule has 2 heterocycles. The molecule has 112 valence electrons. The van der Waals surface area contributed by atoms with Crippen LogP contribution >= 0.6 is 0 Å². The summed E-state index contributed by atoms with van der Waals surface area (Å²) < 4.78 is 29.0. The molecule has 0 radical (unpaired) electrons. The monoisotopic (exact) mass is 299 g/mol. The molecule has 1 saturated heterocycles. The molecule has 0 spiro atoms. The first kappa shape index (κ1) is 15.2. The van der Waals surface area contributed by atoms with Gasteiger partial charge in [0.05, 0.1) is 12.7 Å². The van der Waals surface area contributed by atoms with Gasteiger partial charge in [0.15, 0.2) is 9.84 Å². The molecule has 6 nitrogen and oxygen atoms in total. The van der Waals surface area contributed by atoms with Gasteiger partial charge in [-0.1, -0.05) is 0 Å². The lowest BCUT2D eigenvalue weighted by Gasteiger charge is -2.23. The standard InChI is InChI=1S/C13H21N3O3S/c1-20(17,18)12-3-2-6-15-13(12)16-9-10-19-11-4-7-14-8-5-11/h2-3,6,11,14H,4-5,7-10H2,1H3,(H,15,16). The van der Waals surface area contributed by atoms with Gasteiger partial charge in [0.2, 0.25) is 0 Å². The van der Waals surface area contributed by atoms with Crippen LogP contribution in [-0.2, 0) is 14.6 Å². The Kier molecular flexibility index (Phi) is 5.33. The molecule has 0 aliphatic carbocycles. The second kappa shape index (κ2) is 7.01. The third kappa shape index (κ3) is 4.43. The van der Waals surface area contributed by atoms with Gasteiger partial charge in [0, 0.05) is 19.0 Å². The highest BCUT2D eigenvalue weighted by atomic mass is 32.2. The van der Waals surface area contributed by atoms with Crippen molar-refractivity contribution in [2.24, 2.45) is 0 Å². The van der Waals surface area contributed by atoms with Crippen molar-refractivity contribution in [3.63, 3.8) is 0 Å². The van der Waals surface area contributed by atoms with Crippen molar-refractivity contribution in [3.8, 4) is 0 Å². The zero-order chi connectivity index (χ0) is 14.4. The van der Waals surface area contributed by atoms with Crippen molar-refractivity contribution in [1.82, 2.24) is 10.3 Å². The molecular formula is C13H21N3O3S. The van der Waals surface area contributed by atoms with Crippen molar-refractivity contribution < 1.29 is 13.2 Å².